The summed E-state index contributed by atoms with van der Waals surface area (Å²) in [6.45, 7) is 13.3. The van der Waals surface area contributed by atoms with Crippen molar-refractivity contribution in [2.75, 3.05) is 49.7 Å². The van der Waals surface area contributed by atoms with Crippen molar-refractivity contribution in [2.45, 2.75) is 58.4 Å². The van der Waals surface area contributed by atoms with Crippen LogP contribution >= 0.6 is 23.1 Å². The molecule has 0 aliphatic carbocycles. The standard InChI is InChI=1S/C34H34N2O7S4.C6H15N/c1-3-23(20-31-35(16-8-18-46(37,38)39)33-25-11-5-4-10-24(25)14-15-29(33)44-31)21-32-36(17-9-19-47(40,41)42)34-27-13-7-6-12-26(27)28(43-2)22-30(34)45-32;1-4-7(5-2)6-3/h4-7,10-15,20-22H,3,8-9,16-19H2,1-2H3,(H-,37,38,39,40,41,42);4-6H2,1-3H3/p+2. The Bertz CT molecular complexity index is 2380. The lowest BCUT2D eigenvalue weighted by molar-refractivity contribution is -0.894. The largest absolute Gasteiger partial charge is 0.496 e. The molecule has 0 amide bonds. The van der Waals surface area contributed by atoms with Crippen LogP contribution in [0.2, 0.25) is 0 Å². The highest BCUT2D eigenvalue weighted by molar-refractivity contribution is 8.03. The Morgan fingerprint density at radius 1 is 0.852 bits per heavy atom. The number of rotatable bonds is 15. The number of ether oxygens (including phenoxy) is 1. The van der Waals surface area contributed by atoms with Gasteiger partial charge in [0.2, 0.25) is 5.52 Å². The van der Waals surface area contributed by atoms with E-state index in [1.165, 1.54) is 19.6 Å². The molecule has 14 heteroatoms. The topological polar surface area (TPSA) is 130 Å². The molecule has 2 heterocycles. The second-order valence-corrected chi connectivity index (χ2v) is 18.4. The Balaban J connectivity index is 0.000000730. The zero-order chi connectivity index (χ0) is 39.0. The van der Waals surface area contributed by atoms with Crippen molar-refractivity contribution in [3.63, 3.8) is 0 Å². The summed E-state index contributed by atoms with van der Waals surface area (Å²) in [5.74, 6) is 0.0715. The molecule has 0 unspecified atom stereocenters. The van der Waals surface area contributed by atoms with Crippen LogP contribution in [0.25, 0.3) is 37.8 Å². The smallest absolute Gasteiger partial charge is 0.265 e. The van der Waals surface area contributed by atoms with E-state index in [1.54, 1.807) is 35.1 Å². The molecule has 0 saturated carbocycles. The predicted molar refractivity (Wildman–Crippen MR) is 224 cm³/mol. The third-order valence-electron chi connectivity index (χ3n) is 9.62. The number of thiazole rings is 1. The fourth-order valence-corrected chi connectivity index (χ4v) is 10.1. The summed E-state index contributed by atoms with van der Waals surface area (Å²) >= 11 is 3.21. The summed E-state index contributed by atoms with van der Waals surface area (Å²) in [4.78, 5) is 4.89. The fraction of sp³-hybridized carbons (Fsp3) is 0.375. The van der Waals surface area contributed by atoms with Gasteiger partial charge in [0.1, 0.15) is 10.4 Å². The molecule has 0 fully saturated rings. The summed E-state index contributed by atoms with van der Waals surface area (Å²) in [6, 6.07) is 22.2. The lowest BCUT2D eigenvalue weighted by atomic mass is 10.1. The molecular formula is C40H51N3O7S4+2. The number of benzene rings is 4. The van der Waals surface area contributed by atoms with Gasteiger partial charge >= 0.3 is 0 Å². The van der Waals surface area contributed by atoms with Gasteiger partial charge in [-0.05, 0) is 62.8 Å². The van der Waals surface area contributed by atoms with Crippen molar-refractivity contribution < 1.29 is 40.1 Å². The summed E-state index contributed by atoms with van der Waals surface area (Å²) < 4.78 is 74.1. The summed E-state index contributed by atoms with van der Waals surface area (Å²) in [6.07, 6.45) is 5.43. The molecule has 5 aromatic rings. The van der Waals surface area contributed by atoms with Crippen molar-refractivity contribution >= 4 is 86.9 Å². The van der Waals surface area contributed by atoms with Crippen LogP contribution < -0.4 is 19.1 Å². The minimum Gasteiger partial charge on any atom is -0.496 e. The van der Waals surface area contributed by atoms with Gasteiger partial charge in [0.25, 0.3) is 25.2 Å². The Kier molecular flexibility index (Phi) is 14.2. The minimum absolute atomic E-state index is 0.235. The molecule has 6 rings (SSSR count). The van der Waals surface area contributed by atoms with Crippen molar-refractivity contribution in [3.8, 4) is 5.75 Å². The summed E-state index contributed by atoms with van der Waals surface area (Å²) in [5.41, 5.74) is 3.01. The molecule has 0 atom stereocenters. The van der Waals surface area contributed by atoms with Crippen LogP contribution in [-0.2, 0) is 26.8 Å². The summed E-state index contributed by atoms with van der Waals surface area (Å²) in [5, 5.41) is 5.96. The van der Waals surface area contributed by atoms with Crippen molar-refractivity contribution in [2.24, 2.45) is 0 Å². The van der Waals surface area contributed by atoms with Gasteiger partial charge in [-0.3, -0.25) is 9.11 Å². The summed E-state index contributed by atoms with van der Waals surface area (Å²) in [7, 11) is -6.58. The number of aromatic nitrogens is 1. The monoisotopic (exact) mass is 813 g/mol. The molecule has 0 spiro atoms. The normalized spacial score (nSPS) is 14.3. The molecule has 4 aromatic carbocycles. The van der Waals surface area contributed by atoms with Crippen LogP contribution in [-0.4, -0.2) is 70.7 Å². The number of fused-ring (bicyclic) bond motifs is 6. The molecule has 0 radical (unpaired) electrons. The molecule has 0 saturated heterocycles. The van der Waals surface area contributed by atoms with Gasteiger partial charge in [0.15, 0.2) is 6.54 Å². The SMILES string of the molecule is CCC(=C/c1sc2cc(OC)c3ccccc3c2[n+]1CCCS(=O)(=O)O)/C=C1/Sc2ccc3ccccc3c2N1CCCS(=O)(=O)O.CC[NH+](CC)CC. The van der Waals surface area contributed by atoms with Gasteiger partial charge in [-0.25, -0.2) is 0 Å². The van der Waals surface area contributed by atoms with Crippen molar-refractivity contribution in [1.29, 1.82) is 0 Å². The van der Waals surface area contributed by atoms with Gasteiger partial charge in [0.05, 0.1) is 54.4 Å². The number of aryl methyl sites for hydroxylation is 1. The molecule has 0 bridgehead atoms. The number of methoxy groups -OCH3 is 1. The first-order chi connectivity index (χ1) is 25.8. The van der Waals surface area contributed by atoms with E-state index in [9.17, 15) is 25.9 Å². The Morgan fingerprint density at radius 2 is 1.48 bits per heavy atom. The second-order valence-electron chi connectivity index (χ2n) is 13.1. The Hall–Kier alpha value is -3.50. The maximum absolute atomic E-state index is 11.6. The van der Waals surface area contributed by atoms with E-state index >= 15 is 0 Å². The fourth-order valence-electron chi connectivity index (χ4n) is 6.76. The van der Waals surface area contributed by atoms with Gasteiger partial charge in [-0.2, -0.15) is 21.4 Å². The minimum atomic E-state index is -4.12. The Labute approximate surface area is 327 Å². The maximum atomic E-state index is 11.6. The Morgan fingerprint density at radius 3 is 2.09 bits per heavy atom. The lowest BCUT2D eigenvalue weighted by Crippen LogP contribution is -3.11. The van der Waals surface area contributed by atoms with Gasteiger partial charge < -0.3 is 14.5 Å². The average Bonchev–Trinajstić information content (AvgIpc) is 3.67. The molecule has 1 aliphatic rings. The second kappa shape index (κ2) is 18.4. The zero-order valence-corrected chi connectivity index (χ0v) is 34.8. The van der Waals surface area contributed by atoms with E-state index in [2.05, 4.69) is 73.6 Å². The van der Waals surface area contributed by atoms with Gasteiger partial charge in [-0.15, -0.1) is 0 Å². The molecule has 290 valence electrons. The predicted octanol–water partition coefficient (Wildman–Crippen LogP) is 7.24. The van der Waals surface area contributed by atoms with E-state index in [-0.39, 0.29) is 24.3 Å². The van der Waals surface area contributed by atoms with Crippen LogP contribution in [0, 0.1) is 0 Å². The first-order valence-corrected chi connectivity index (χ1v) is 23.2. The molecule has 1 aliphatic heterocycles. The van der Waals surface area contributed by atoms with E-state index in [0.29, 0.717) is 19.5 Å². The van der Waals surface area contributed by atoms with Crippen LogP contribution in [0.3, 0.4) is 0 Å². The quantitative estimate of drug-likeness (QED) is 0.0741. The number of anilines is 1. The van der Waals surface area contributed by atoms with Crippen molar-refractivity contribution in [3.05, 3.63) is 88.4 Å². The lowest BCUT2D eigenvalue weighted by Gasteiger charge is -2.22. The van der Waals surface area contributed by atoms with Crippen LogP contribution in [0.15, 0.2) is 88.3 Å². The molecular weight excluding hydrogens is 763 g/mol. The third-order valence-corrected chi connectivity index (χ3v) is 13.4. The highest BCUT2D eigenvalue weighted by atomic mass is 32.2. The number of hydrogen-bond acceptors (Lipinski definition) is 8. The molecule has 54 heavy (non-hydrogen) atoms. The number of nitrogens with zero attached hydrogens (tertiary/aromatic N) is 2. The number of hydrogen-bond donors (Lipinski definition) is 3. The van der Waals surface area contributed by atoms with Crippen LogP contribution in [0.5, 0.6) is 5.75 Å². The third kappa shape index (κ3) is 10.2. The molecule has 3 N–H and O–H groups in total. The first-order valence-electron chi connectivity index (χ1n) is 18.4. The highest BCUT2D eigenvalue weighted by Crippen LogP contribution is 2.50. The first kappa shape index (κ1) is 41.7. The van der Waals surface area contributed by atoms with Crippen LogP contribution in [0.4, 0.5) is 5.69 Å². The number of nitrogens with one attached hydrogen (secondary N) is 1. The molecule has 10 nitrogen and oxygen atoms in total. The van der Waals surface area contributed by atoms with E-state index in [4.69, 9.17) is 4.74 Å². The van der Waals surface area contributed by atoms with Gasteiger partial charge in [-0.1, -0.05) is 78.6 Å². The average molecular weight is 814 g/mol. The van der Waals surface area contributed by atoms with E-state index < -0.39 is 20.2 Å². The maximum Gasteiger partial charge on any atom is 0.265 e. The van der Waals surface area contributed by atoms with Crippen molar-refractivity contribution in [1.82, 2.24) is 0 Å². The number of thioether (sulfide) groups is 1. The van der Waals surface area contributed by atoms with E-state index in [0.717, 1.165) is 63.7 Å². The molecule has 1 aromatic heterocycles. The highest BCUT2D eigenvalue weighted by Gasteiger charge is 2.29. The van der Waals surface area contributed by atoms with Crippen LogP contribution in [0.1, 0.15) is 52.0 Å². The van der Waals surface area contributed by atoms with E-state index in [1.807, 2.05) is 42.5 Å². The number of quaternary nitrogens is 1. The van der Waals surface area contributed by atoms with Gasteiger partial charge in [0, 0.05) is 40.8 Å². The zero-order valence-electron chi connectivity index (χ0n) is 31.5. The number of allylic oxidation sites excluding steroid dienone is 2.